The molecule has 8 heteroatoms. The van der Waals surface area contributed by atoms with Crippen molar-refractivity contribution in [1.29, 1.82) is 0 Å². The van der Waals surface area contributed by atoms with Crippen molar-refractivity contribution in [3.8, 4) is 17.2 Å². The van der Waals surface area contributed by atoms with Crippen molar-refractivity contribution in [3.63, 3.8) is 0 Å². The fourth-order valence-corrected chi connectivity index (χ4v) is 3.59. The predicted molar refractivity (Wildman–Crippen MR) is 123 cm³/mol. The molecule has 0 aliphatic carbocycles. The first-order valence-electron chi connectivity index (χ1n) is 10.9. The molecule has 0 saturated heterocycles. The molecule has 0 aromatic heterocycles. The first-order chi connectivity index (χ1) is 15.3. The lowest BCUT2D eigenvalue weighted by Gasteiger charge is -2.34. The molecule has 0 unspecified atom stereocenters. The number of ether oxygens (including phenoxy) is 4. The van der Waals surface area contributed by atoms with E-state index in [1.807, 2.05) is 26.0 Å². The average Bonchev–Trinajstić information content (AvgIpc) is 2.68. The number of fused-ring (bicyclic) bond motifs is 3. The zero-order valence-electron chi connectivity index (χ0n) is 20.2. The molecular formula is C25H31NO7. The van der Waals surface area contributed by atoms with E-state index in [1.54, 1.807) is 32.9 Å². The lowest BCUT2D eigenvalue weighted by Crippen LogP contribution is -2.43. The second kappa shape index (κ2) is 8.92. The SMILES string of the molecule is CC(=O)Oc1c(OC(=O)[C@H](C)NC(=O)OC(C)(C)C)c2c(c3ccccc13)OC(C)(C)CC2. The summed E-state index contributed by atoms with van der Waals surface area (Å²) >= 11 is 0. The third kappa shape index (κ3) is 5.74. The van der Waals surface area contributed by atoms with Gasteiger partial charge >= 0.3 is 18.0 Å². The largest absolute Gasteiger partial charge is 0.487 e. The van der Waals surface area contributed by atoms with Crippen molar-refractivity contribution in [2.24, 2.45) is 0 Å². The Morgan fingerprint density at radius 1 is 1.06 bits per heavy atom. The van der Waals surface area contributed by atoms with Crippen LogP contribution in [-0.2, 0) is 20.7 Å². The van der Waals surface area contributed by atoms with Crippen molar-refractivity contribution in [2.75, 3.05) is 0 Å². The molecule has 33 heavy (non-hydrogen) atoms. The highest BCUT2D eigenvalue weighted by molar-refractivity contribution is 6.00. The van der Waals surface area contributed by atoms with Crippen LogP contribution in [0.15, 0.2) is 24.3 Å². The Labute approximate surface area is 193 Å². The number of carbonyl (C=O) groups is 3. The Morgan fingerprint density at radius 2 is 1.70 bits per heavy atom. The second-order valence-electron chi connectivity index (χ2n) is 9.76. The number of rotatable bonds is 4. The maximum absolute atomic E-state index is 12.9. The molecule has 0 bridgehead atoms. The number of nitrogens with one attached hydrogen (secondary N) is 1. The quantitative estimate of drug-likeness (QED) is 0.525. The highest BCUT2D eigenvalue weighted by Gasteiger charge is 2.34. The van der Waals surface area contributed by atoms with Crippen LogP contribution in [0.5, 0.6) is 17.2 Å². The van der Waals surface area contributed by atoms with Gasteiger partial charge in [0.25, 0.3) is 0 Å². The molecule has 1 aliphatic heterocycles. The first kappa shape index (κ1) is 24.4. The maximum atomic E-state index is 12.9. The summed E-state index contributed by atoms with van der Waals surface area (Å²) < 4.78 is 22.8. The molecule has 1 aliphatic rings. The lowest BCUT2D eigenvalue weighted by atomic mass is 9.91. The summed E-state index contributed by atoms with van der Waals surface area (Å²) in [5.41, 5.74) is -0.481. The minimum absolute atomic E-state index is 0.122. The van der Waals surface area contributed by atoms with Crippen LogP contribution in [0.3, 0.4) is 0 Å². The van der Waals surface area contributed by atoms with Gasteiger partial charge in [0.15, 0.2) is 11.5 Å². The third-order valence-electron chi connectivity index (χ3n) is 5.06. The smallest absolute Gasteiger partial charge is 0.408 e. The van der Waals surface area contributed by atoms with Gasteiger partial charge in [-0.1, -0.05) is 24.3 Å². The highest BCUT2D eigenvalue weighted by Crippen LogP contribution is 2.50. The highest BCUT2D eigenvalue weighted by atomic mass is 16.6. The number of hydrogen-bond acceptors (Lipinski definition) is 7. The van der Waals surface area contributed by atoms with Gasteiger partial charge in [0.1, 0.15) is 23.0 Å². The van der Waals surface area contributed by atoms with E-state index < -0.39 is 35.3 Å². The van der Waals surface area contributed by atoms with E-state index in [4.69, 9.17) is 18.9 Å². The van der Waals surface area contributed by atoms with Crippen LogP contribution < -0.4 is 19.5 Å². The molecule has 2 aromatic carbocycles. The van der Waals surface area contributed by atoms with Crippen LogP contribution in [0.4, 0.5) is 4.79 Å². The number of benzene rings is 2. The van der Waals surface area contributed by atoms with E-state index in [2.05, 4.69) is 5.32 Å². The molecule has 0 saturated carbocycles. The topological polar surface area (TPSA) is 100 Å². The molecule has 8 nitrogen and oxygen atoms in total. The molecule has 0 spiro atoms. The molecule has 3 rings (SSSR count). The van der Waals surface area contributed by atoms with Crippen LogP contribution in [0.1, 0.15) is 60.5 Å². The van der Waals surface area contributed by atoms with Crippen LogP contribution in [0, 0.1) is 0 Å². The molecule has 0 fully saturated rings. The van der Waals surface area contributed by atoms with E-state index in [-0.39, 0.29) is 11.5 Å². The van der Waals surface area contributed by atoms with E-state index in [1.165, 1.54) is 13.8 Å². The monoisotopic (exact) mass is 457 g/mol. The zero-order chi connectivity index (χ0) is 24.6. The maximum Gasteiger partial charge on any atom is 0.408 e. The molecule has 2 aromatic rings. The molecule has 1 amide bonds. The van der Waals surface area contributed by atoms with Crippen molar-refractivity contribution in [2.45, 2.75) is 78.6 Å². The summed E-state index contributed by atoms with van der Waals surface area (Å²) in [6.07, 6.45) is 0.490. The van der Waals surface area contributed by atoms with Gasteiger partial charge in [0.05, 0.1) is 0 Å². The minimum Gasteiger partial charge on any atom is -0.487 e. The Morgan fingerprint density at radius 3 is 2.30 bits per heavy atom. The molecule has 1 atom stereocenters. The van der Waals surface area contributed by atoms with Crippen LogP contribution >= 0.6 is 0 Å². The zero-order valence-corrected chi connectivity index (χ0v) is 20.2. The summed E-state index contributed by atoms with van der Waals surface area (Å²) in [6.45, 7) is 11.9. The van der Waals surface area contributed by atoms with Crippen molar-refractivity contribution in [1.82, 2.24) is 5.32 Å². The summed E-state index contributed by atoms with van der Waals surface area (Å²) in [5.74, 6) is -0.408. The van der Waals surface area contributed by atoms with Gasteiger partial charge in [0, 0.05) is 23.3 Å². The van der Waals surface area contributed by atoms with Crippen LogP contribution in [-0.4, -0.2) is 35.3 Å². The Bertz CT molecular complexity index is 1100. The summed E-state index contributed by atoms with van der Waals surface area (Å²) in [5, 5.41) is 3.82. The van der Waals surface area contributed by atoms with E-state index in [9.17, 15) is 14.4 Å². The van der Waals surface area contributed by atoms with E-state index >= 15 is 0 Å². The first-order valence-corrected chi connectivity index (χ1v) is 10.9. The number of hydrogen-bond donors (Lipinski definition) is 1. The van der Waals surface area contributed by atoms with Gasteiger partial charge in [-0.05, 0) is 54.4 Å². The standard InChI is InChI=1S/C25H31NO7/c1-14(26-23(29)33-24(3,4)5)22(28)31-21-18-12-13-25(6,7)32-19(18)16-10-8-9-11-17(16)20(21)30-15(2)27/h8-11,14H,12-13H2,1-7H3,(H,26,29)/t14-/m0/s1. The third-order valence-corrected chi connectivity index (χ3v) is 5.06. The minimum atomic E-state index is -1.01. The van der Waals surface area contributed by atoms with E-state index in [0.717, 1.165) is 5.39 Å². The summed E-state index contributed by atoms with van der Waals surface area (Å²) in [7, 11) is 0. The van der Waals surface area contributed by atoms with Crippen LogP contribution in [0.2, 0.25) is 0 Å². The fourth-order valence-electron chi connectivity index (χ4n) is 3.59. The molecule has 1 heterocycles. The summed E-state index contributed by atoms with van der Waals surface area (Å²) in [6, 6.07) is 6.31. The summed E-state index contributed by atoms with van der Waals surface area (Å²) in [4.78, 5) is 36.9. The van der Waals surface area contributed by atoms with Gasteiger partial charge in [-0.2, -0.15) is 0 Å². The van der Waals surface area contributed by atoms with Crippen molar-refractivity contribution < 1.29 is 33.3 Å². The van der Waals surface area contributed by atoms with Crippen LogP contribution in [0.25, 0.3) is 10.8 Å². The fraction of sp³-hybridized carbons (Fsp3) is 0.480. The second-order valence-corrected chi connectivity index (χ2v) is 9.76. The molecule has 178 valence electrons. The Balaban J connectivity index is 2.03. The van der Waals surface area contributed by atoms with E-state index in [0.29, 0.717) is 29.5 Å². The predicted octanol–water partition coefficient (Wildman–Crippen LogP) is 4.69. The molecular weight excluding hydrogens is 426 g/mol. The van der Waals surface area contributed by atoms with Gasteiger partial charge in [-0.3, -0.25) is 4.79 Å². The normalized spacial score (nSPS) is 15.6. The number of alkyl carbamates (subject to hydrolysis) is 1. The van der Waals surface area contributed by atoms with Gasteiger partial charge in [-0.15, -0.1) is 0 Å². The lowest BCUT2D eigenvalue weighted by molar-refractivity contribution is -0.137. The van der Waals surface area contributed by atoms with Gasteiger partial charge in [0.2, 0.25) is 0 Å². The van der Waals surface area contributed by atoms with Gasteiger partial charge in [-0.25, -0.2) is 9.59 Å². The molecule has 1 N–H and O–H groups in total. The van der Waals surface area contributed by atoms with Crippen molar-refractivity contribution >= 4 is 28.8 Å². The average molecular weight is 458 g/mol. The Hall–Kier alpha value is -3.29. The molecule has 0 radical (unpaired) electrons. The Kier molecular flexibility index (Phi) is 6.58. The van der Waals surface area contributed by atoms with Crippen molar-refractivity contribution in [3.05, 3.63) is 29.8 Å². The number of esters is 2. The van der Waals surface area contributed by atoms with Gasteiger partial charge < -0.3 is 24.3 Å². The number of amides is 1. The number of carbonyl (C=O) groups excluding carboxylic acids is 3.